The van der Waals surface area contributed by atoms with Crippen molar-refractivity contribution < 1.29 is 22.7 Å². The molecule has 0 fully saturated rings. The van der Waals surface area contributed by atoms with E-state index in [4.69, 9.17) is 16.7 Å². The molecule has 8 heteroatoms. The SMILES string of the molecule is O=C(CS(=O)(=O)CCO)Nc1ccc(F)c(Cl)c1. The number of sulfone groups is 1. The number of hydrogen-bond donors (Lipinski definition) is 2. The van der Waals surface area contributed by atoms with Crippen LogP contribution in [0.1, 0.15) is 0 Å². The van der Waals surface area contributed by atoms with E-state index in [1.54, 1.807) is 0 Å². The van der Waals surface area contributed by atoms with E-state index in [0.717, 1.165) is 6.07 Å². The zero-order chi connectivity index (χ0) is 13.8. The number of rotatable bonds is 5. The van der Waals surface area contributed by atoms with Crippen LogP contribution in [0, 0.1) is 5.82 Å². The Bertz CT molecular complexity index is 547. The van der Waals surface area contributed by atoms with E-state index in [-0.39, 0.29) is 10.7 Å². The molecule has 2 N–H and O–H groups in total. The Morgan fingerprint density at radius 2 is 2.11 bits per heavy atom. The van der Waals surface area contributed by atoms with Gasteiger partial charge in [0.15, 0.2) is 9.84 Å². The highest BCUT2D eigenvalue weighted by molar-refractivity contribution is 7.92. The van der Waals surface area contributed by atoms with Crippen LogP contribution < -0.4 is 5.32 Å². The number of nitrogens with one attached hydrogen (secondary N) is 1. The predicted octanol–water partition coefficient (Wildman–Crippen LogP) is 0.825. The lowest BCUT2D eigenvalue weighted by atomic mass is 10.3. The molecule has 100 valence electrons. The number of carbonyl (C=O) groups excluding carboxylic acids is 1. The molecule has 0 aromatic heterocycles. The van der Waals surface area contributed by atoms with Gasteiger partial charge in [0.2, 0.25) is 5.91 Å². The van der Waals surface area contributed by atoms with Crippen LogP contribution in [-0.4, -0.2) is 37.5 Å². The molecular formula is C10H11ClFNO4S. The molecule has 0 aliphatic heterocycles. The van der Waals surface area contributed by atoms with E-state index >= 15 is 0 Å². The van der Waals surface area contributed by atoms with Crippen molar-refractivity contribution in [1.29, 1.82) is 0 Å². The molecule has 0 heterocycles. The first-order valence-electron chi connectivity index (χ1n) is 4.90. The van der Waals surface area contributed by atoms with E-state index in [1.165, 1.54) is 12.1 Å². The molecule has 0 saturated carbocycles. The highest BCUT2D eigenvalue weighted by Gasteiger charge is 2.16. The quantitative estimate of drug-likeness (QED) is 0.842. The third kappa shape index (κ3) is 4.59. The Hall–Kier alpha value is -1.18. The lowest BCUT2D eigenvalue weighted by molar-refractivity contribution is -0.113. The number of aliphatic hydroxyl groups excluding tert-OH is 1. The van der Waals surface area contributed by atoms with Crippen molar-refractivity contribution in [2.75, 3.05) is 23.4 Å². The van der Waals surface area contributed by atoms with Gasteiger partial charge in [-0.2, -0.15) is 0 Å². The van der Waals surface area contributed by atoms with Gasteiger partial charge >= 0.3 is 0 Å². The standard InChI is InChI=1S/C10H11ClFNO4S/c11-8-5-7(1-2-9(8)12)13-10(15)6-18(16,17)4-3-14/h1-2,5,14H,3-4,6H2,(H,13,15). The normalized spacial score (nSPS) is 11.3. The van der Waals surface area contributed by atoms with Gasteiger partial charge in [0.1, 0.15) is 11.6 Å². The van der Waals surface area contributed by atoms with Gasteiger partial charge in [-0.1, -0.05) is 11.6 Å². The molecule has 0 aliphatic carbocycles. The van der Waals surface area contributed by atoms with E-state index < -0.39 is 39.7 Å². The number of halogens is 2. The summed E-state index contributed by atoms with van der Waals surface area (Å²) in [6.07, 6.45) is 0. The molecule has 0 radical (unpaired) electrons. The van der Waals surface area contributed by atoms with Crippen LogP contribution >= 0.6 is 11.6 Å². The van der Waals surface area contributed by atoms with Gasteiger partial charge in [-0.15, -0.1) is 0 Å². The Kier molecular flexibility index (Phi) is 5.06. The third-order valence-corrected chi connectivity index (χ3v) is 3.75. The minimum absolute atomic E-state index is 0.175. The fourth-order valence-corrected chi connectivity index (χ4v) is 2.26. The van der Waals surface area contributed by atoms with E-state index in [9.17, 15) is 17.6 Å². The monoisotopic (exact) mass is 295 g/mol. The first kappa shape index (κ1) is 14.9. The smallest absolute Gasteiger partial charge is 0.239 e. The molecule has 0 unspecified atom stereocenters. The van der Waals surface area contributed by atoms with E-state index in [0.29, 0.717) is 0 Å². The van der Waals surface area contributed by atoms with Gasteiger partial charge in [-0.25, -0.2) is 12.8 Å². The molecule has 18 heavy (non-hydrogen) atoms. The van der Waals surface area contributed by atoms with Crippen molar-refractivity contribution in [3.8, 4) is 0 Å². The van der Waals surface area contributed by atoms with Crippen LogP contribution in [0.2, 0.25) is 5.02 Å². The van der Waals surface area contributed by atoms with Crippen LogP contribution in [0.4, 0.5) is 10.1 Å². The number of amides is 1. The fourth-order valence-electron chi connectivity index (χ4n) is 1.18. The Morgan fingerprint density at radius 3 is 2.67 bits per heavy atom. The van der Waals surface area contributed by atoms with E-state index in [2.05, 4.69) is 5.32 Å². The van der Waals surface area contributed by atoms with Crippen LogP contribution in [0.5, 0.6) is 0 Å². The summed E-state index contributed by atoms with van der Waals surface area (Å²) in [5.74, 6) is -2.64. The van der Waals surface area contributed by atoms with Gasteiger partial charge in [0, 0.05) is 5.69 Å². The Balaban J connectivity index is 2.68. The largest absolute Gasteiger partial charge is 0.395 e. The van der Waals surface area contributed by atoms with Crippen LogP contribution in [-0.2, 0) is 14.6 Å². The second-order valence-corrected chi connectivity index (χ2v) is 6.08. The zero-order valence-electron chi connectivity index (χ0n) is 9.19. The maximum atomic E-state index is 12.8. The van der Waals surface area contributed by atoms with Crippen molar-refractivity contribution in [3.05, 3.63) is 29.0 Å². The second-order valence-electron chi connectivity index (χ2n) is 3.49. The minimum atomic E-state index is -3.64. The van der Waals surface area contributed by atoms with Gasteiger partial charge in [0.25, 0.3) is 0 Å². The number of anilines is 1. The van der Waals surface area contributed by atoms with Crippen molar-refractivity contribution in [3.63, 3.8) is 0 Å². The molecule has 1 aromatic carbocycles. The number of hydrogen-bond acceptors (Lipinski definition) is 4. The lowest BCUT2D eigenvalue weighted by Gasteiger charge is -2.06. The van der Waals surface area contributed by atoms with Gasteiger partial charge in [-0.05, 0) is 18.2 Å². The summed E-state index contributed by atoms with van der Waals surface area (Å²) in [5, 5.41) is 10.6. The average molecular weight is 296 g/mol. The number of aliphatic hydroxyl groups is 1. The summed E-state index contributed by atoms with van der Waals surface area (Å²) in [7, 11) is -3.64. The van der Waals surface area contributed by atoms with Crippen LogP contribution in [0.15, 0.2) is 18.2 Å². The summed E-state index contributed by atoms with van der Waals surface area (Å²) >= 11 is 5.50. The van der Waals surface area contributed by atoms with Gasteiger partial charge < -0.3 is 10.4 Å². The zero-order valence-corrected chi connectivity index (χ0v) is 10.8. The Morgan fingerprint density at radius 1 is 1.44 bits per heavy atom. The third-order valence-electron chi connectivity index (χ3n) is 1.96. The van der Waals surface area contributed by atoms with Gasteiger partial charge in [-0.3, -0.25) is 4.79 Å². The Labute approximate surface area is 108 Å². The first-order chi connectivity index (χ1) is 8.34. The molecule has 0 spiro atoms. The molecule has 1 aromatic rings. The summed E-state index contributed by atoms with van der Waals surface area (Å²) in [5.41, 5.74) is 0.200. The summed E-state index contributed by atoms with van der Waals surface area (Å²) in [6, 6.07) is 3.49. The van der Waals surface area contributed by atoms with Gasteiger partial charge in [0.05, 0.1) is 17.4 Å². The summed E-state index contributed by atoms with van der Waals surface area (Å²) in [4.78, 5) is 11.4. The maximum absolute atomic E-state index is 12.8. The molecule has 0 saturated heterocycles. The number of benzene rings is 1. The topological polar surface area (TPSA) is 83.5 Å². The van der Waals surface area contributed by atoms with Crippen molar-refractivity contribution >= 4 is 33.0 Å². The minimum Gasteiger partial charge on any atom is -0.395 e. The van der Waals surface area contributed by atoms with Crippen LogP contribution in [0.25, 0.3) is 0 Å². The first-order valence-corrected chi connectivity index (χ1v) is 7.10. The predicted molar refractivity (Wildman–Crippen MR) is 65.8 cm³/mol. The molecule has 5 nitrogen and oxygen atoms in total. The molecular weight excluding hydrogens is 285 g/mol. The average Bonchev–Trinajstić information content (AvgIpc) is 2.22. The van der Waals surface area contributed by atoms with Crippen molar-refractivity contribution in [1.82, 2.24) is 0 Å². The van der Waals surface area contributed by atoms with Crippen molar-refractivity contribution in [2.45, 2.75) is 0 Å². The van der Waals surface area contributed by atoms with Crippen LogP contribution in [0.3, 0.4) is 0 Å². The second kappa shape index (κ2) is 6.12. The highest BCUT2D eigenvalue weighted by Crippen LogP contribution is 2.19. The van der Waals surface area contributed by atoms with E-state index in [1.807, 2.05) is 0 Å². The molecule has 0 atom stereocenters. The molecule has 1 amide bonds. The molecule has 0 bridgehead atoms. The molecule has 0 aliphatic rings. The van der Waals surface area contributed by atoms with Crippen molar-refractivity contribution in [2.24, 2.45) is 0 Å². The lowest BCUT2D eigenvalue weighted by Crippen LogP contribution is -2.25. The summed E-state index contributed by atoms with van der Waals surface area (Å²) in [6.45, 7) is -0.544. The fraction of sp³-hybridized carbons (Fsp3) is 0.300. The number of carbonyl (C=O) groups is 1. The summed E-state index contributed by atoms with van der Waals surface area (Å²) < 4.78 is 35.3. The maximum Gasteiger partial charge on any atom is 0.239 e. The molecule has 1 rings (SSSR count). The highest BCUT2D eigenvalue weighted by atomic mass is 35.5.